The zero-order valence-electron chi connectivity index (χ0n) is 12.9. The van der Waals surface area contributed by atoms with Crippen LogP contribution in [0, 0.1) is 13.8 Å². The summed E-state index contributed by atoms with van der Waals surface area (Å²) in [7, 11) is 1.39. The molecule has 0 fully saturated rings. The largest absolute Gasteiger partial charge is 0.488 e. The van der Waals surface area contributed by atoms with Gasteiger partial charge in [-0.3, -0.25) is 0 Å². The maximum Gasteiger partial charge on any atom is 0.418 e. The molecule has 2 aromatic rings. The number of ether oxygens (including phenoxy) is 2. The zero-order chi connectivity index (χ0) is 15.1. The van der Waals surface area contributed by atoms with Crippen molar-refractivity contribution in [2.45, 2.75) is 40.2 Å². The quantitative estimate of drug-likeness (QED) is 0.788. The van der Waals surface area contributed by atoms with E-state index in [1.165, 1.54) is 7.11 Å². The number of methoxy groups -OCH3 is 1. The number of aryl methyl sites for hydroxylation is 2. The summed E-state index contributed by atoms with van der Waals surface area (Å²) in [6.45, 7) is 9.94. The number of carbonyl (C=O) groups is 1. The Morgan fingerprint density at radius 2 is 1.85 bits per heavy atom. The average molecular weight is 275 g/mol. The molecule has 0 radical (unpaired) electrons. The van der Waals surface area contributed by atoms with Gasteiger partial charge in [0.05, 0.1) is 12.6 Å². The second-order valence-electron chi connectivity index (χ2n) is 5.93. The molecule has 0 atom stereocenters. The standard InChI is InChI=1S/C16H21NO3/c1-10-9-12-11(2)14(20-16(3,4)5)8-7-13(12)17(10)15(18)19-6/h7-9H,1-6H3. The number of aromatic nitrogens is 1. The first-order chi connectivity index (χ1) is 9.24. The van der Waals surface area contributed by atoms with Crippen LogP contribution in [-0.2, 0) is 4.74 Å². The van der Waals surface area contributed by atoms with Gasteiger partial charge in [-0.25, -0.2) is 9.36 Å². The number of carbonyl (C=O) groups excluding carboxylic acids is 1. The van der Waals surface area contributed by atoms with Crippen LogP contribution < -0.4 is 4.74 Å². The van der Waals surface area contributed by atoms with E-state index in [0.717, 1.165) is 27.9 Å². The van der Waals surface area contributed by atoms with Crippen molar-refractivity contribution < 1.29 is 14.3 Å². The summed E-state index contributed by atoms with van der Waals surface area (Å²) in [6.07, 6.45) is -0.374. The van der Waals surface area contributed by atoms with E-state index in [4.69, 9.17) is 9.47 Å². The number of fused-ring (bicyclic) bond motifs is 1. The Kier molecular flexibility index (Phi) is 3.50. The summed E-state index contributed by atoms with van der Waals surface area (Å²) >= 11 is 0. The molecule has 108 valence electrons. The van der Waals surface area contributed by atoms with Gasteiger partial charge >= 0.3 is 6.09 Å². The minimum atomic E-state index is -0.374. The van der Waals surface area contributed by atoms with Crippen LogP contribution in [0.2, 0.25) is 0 Å². The van der Waals surface area contributed by atoms with Crippen molar-refractivity contribution in [2.24, 2.45) is 0 Å². The average Bonchev–Trinajstić information content (AvgIpc) is 2.68. The molecule has 2 rings (SSSR count). The summed E-state index contributed by atoms with van der Waals surface area (Å²) in [5, 5.41) is 1.01. The zero-order valence-corrected chi connectivity index (χ0v) is 12.9. The molecular formula is C16H21NO3. The fourth-order valence-electron chi connectivity index (χ4n) is 2.31. The lowest BCUT2D eigenvalue weighted by atomic mass is 10.1. The molecule has 0 saturated carbocycles. The molecule has 0 bridgehead atoms. The van der Waals surface area contributed by atoms with Crippen molar-refractivity contribution in [1.82, 2.24) is 4.57 Å². The van der Waals surface area contributed by atoms with Crippen molar-refractivity contribution in [3.8, 4) is 5.75 Å². The van der Waals surface area contributed by atoms with E-state index in [1.54, 1.807) is 4.57 Å². The third kappa shape index (κ3) is 2.50. The van der Waals surface area contributed by atoms with Crippen LogP contribution in [0.5, 0.6) is 5.75 Å². The Balaban J connectivity index is 2.61. The fraction of sp³-hybridized carbons (Fsp3) is 0.438. The first kappa shape index (κ1) is 14.4. The minimum Gasteiger partial charge on any atom is -0.488 e. The van der Waals surface area contributed by atoms with E-state index in [0.29, 0.717) is 0 Å². The van der Waals surface area contributed by atoms with Gasteiger partial charge in [-0.2, -0.15) is 0 Å². The van der Waals surface area contributed by atoms with Crippen molar-refractivity contribution in [1.29, 1.82) is 0 Å². The molecule has 1 heterocycles. The van der Waals surface area contributed by atoms with Gasteiger partial charge in [0.1, 0.15) is 11.4 Å². The molecule has 0 aliphatic heterocycles. The Morgan fingerprint density at radius 1 is 1.20 bits per heavy atom. The van der Waals surface area contributed by atoms with Gasteiger partial charge in [0.2, 0.25) is 0 Å². The lowest BCUT2D eigenvalue weighted by Crippen LogP contribution is -2.23. The molecule has 0 aliphatic carbocycles. The molecule has 0 saturated heterocycles. The Labute approximate surface area is 119 Å². The van der Waals surface area contributed by atoms with E-state index < -0.39 is 0 Å². The first-order valence-corrected chi connectivity index (χ1v) is 6.63. The molecule has 1 aromatic carbocycles. The second kappa shape index (κ2) is 4.85. The molecule has 0 spiro atoms. The summed E-state index contributed by atoms with van der Waals surface area (Å²) < 4.78 is 12.4. The molecule has 0 N–H and O–H groups in total. The third-order valence-electron chi connectivity index (χ3n) is 3.16. The van der Waals surface area contributed by atoms with Crippen LogP contribution >= 0.6 is 0 Å². The predicted octanol–water partition coefficient (Wildman–Crippen LogP) is 4.05. The van der Waals surface area contributed by atoms with E-state index >= 15 is 0 Å². The molecule has 20 heavy (non-hydrogen) atoms. The van der Waals surface area contributed by atoms with Crippen molar-refractivity contribution in [2.75, 3.05) is 7.11 Å². The van der Waals surface area contributed by atoms with Crippen molar-refractivity contribution in [3.05, 3.63) is 29.5 Å². The Bertz CT molecular complexity index is 662. The molecular weight excluding hydrogens is 254 g/mol. The first-order valence-electron chi connectivity index (χ1n) is 6.63. The highest BCUT2D eigenvalue weighted by molar-refractivity contribution is 5.93. The normalized spacial score (nSPS) is 11.7. The number of hydrogen-bond acceptors (Lipinski definition) is 3. The lowest BCUT2D eigenvalue weighted by molar-refractivity contribution is 0.130. The number of benzene rings is 1. The Hall–Kier alpha value is -1.97. The van der Waals surface area contributed by atoms with Crippen LogP contribution in [0.15, 0.2) is 18.2 Å². The number of rotatable bonds is 1. The van der Waals surface area contributed by atoms with Gasteiger partial charge in [-0.15, -0.1) is 0 Å². The smallest absolute Gasteiger partial charge is 0.418 e. The van der Waals surface area contributed by atoms with Crippen LogP contribution in [0.3, 0.4) is 0 Å². The summed E-state index contributed by atoms with van der Waals surface area (Å²) in [6, 6.07) is 5.78. The SMILES string of the molecule is COC(=O)n1c(C)cc2c(C)c(OC(C)(C)C)ccc21. The van der Waals surface area contributed by atoms with Gasteiger partial charge in [-0.05, 0) is 52.8 Å². The highest BCUT2D eigenvalue weighted by Crippen LogP contribution is 2.31. The van der Waals surface area contributed by atoms with Gasteiger partial charge in [0.15, 0.2) is 0 Å². The fourth-order valence-corrected chi connectivity index (χ4v) is 2.31. The molecule has 1 aromatic heterocycles. The summed E-state index contributed by atoms with van der Waals surface area (Å²) in [5.74, 6) is 0.840. The van der Waals surface area contributed by atoms with Crippen LogP contribution in [0.25, 0.3) is 10.9 Å². The highest BCUT2D eigenvalue weighted by atomic mass is 16.5. The van der Waals surface area contributed by atoms with Crippen LogP contribution in [0.1, 0.15) is 32.0 Å². The monoisotopic (exact) mass is 275 g/mol. The van der Waals surface area contributed by atoms with Crippen LogP contribution in [0.4, 0.5) is 4.79 Å². The summed E-state index contributed by atoms with van der Waals surface area (Å²) in [4.78, 5) is 11.8. The molecule has 4 heteroatoms. The van der Waals surface area contributed by atoms with Gasteiger partial charge in [0, 0.05) is 16.6 Å². The molecule has 0 aliphatic rings. The molecule has 4 nitrogen and oxygen atoms in total. The predicted molar refractivity (Wildman–Crippen MR) is 79.6 cm³/mol. The third-order valence-corrected chi connectivity index (χ3v) is 3.16. The minimum absolute atomic E-state index is 0.252. The topological polar surface area (TPSA) is 40.5 Å². The van der Waals surface area contributed by atoms with E-state index in [-0.39, 0.29) is 11.7 Å². The lowest BCUT2D eigenvalue weighted by Gasteiger charge is -2.23. The summed E-state index contributed by atoms with van der Waals surface area (Å²) in [5.41, 5.74) is 2.47. The molecule has 0 amide bonds. The highest BCUT2D eigenvalue weighted by Gasteiger charge is 2.18. The molecule has 0 unspecified atom stereocenters. The Morgan fingerprint density at radius 3 is 2.40 bits per heavy atom. The van der Waals surface area contributed by atoms with E-state index in [9.17, 15) is 4.79 Å². The van der Waals surface area contributed by atoms with Crippen LogP contribution in [-0.4, -0.2) is 23.4 Å². The van der Waals surface area contributed by atoms with Gasteiger partial charge in [-0.1, -0.05) is 0 Å². The maximum absolute atomic E-state index is 11.8. The van der Waals surface area contributed by atoms with E-state index in [2.05, 4.69) is 0 Å². The van der Waals surface area contributed by atoms with Gasteiger partial charge < -0.3 is 9.47 Å². The number of hydrogen-bond donors (Lipinski definition) is 0. The number of nitrogens with zero attached hydrogens (tertiary/aromatic N) is 1. The maximum atomic E-state index is 11.8. The van der Waals surface area contributed by atoms with Crippen molar-refractivity contribution >= 4 is 17.0 Å². The second-order valence-corrected chi connectivity index (χ2v) is 5.93. The van der Waals surface area contributed by atoms with E-state index in [1.807, 2.05) is 52.8 Å². The van der Waals surface area contributed by atoms with Crippen molar-refractivity contribution in [3.63, 3.8) is 0 Å². The van der Waals surface area contributed by atoms with Gasteiger partial charge in [0.25, 0.3) is 0 Å².